The van der Waals surface area contributed by atoms with Crippen LogP contribution in [0.3, 0.4) is 0 Å². The molecule has 0 bridgehead atoms. The van der Waals surface area contributed by atoms with Gasteiger partial charge in [0.25, 0.3) is 5.91 Å². The average molecular weight is 374 g/mol. The van der Waals surface area contributed by atoms with E-state index in [4.69, 9.17) is 0 Å². The van der Waals surface area contributed by atoms with Crippen molar-refractivity contribution in [1.29, 1.82) is 0 Å². The number of anilines is 2. The maximum atomic E-state index is 13.3. The monoisotopic (exact) mass is 374 g/mol. The van der Waals surface area contributed by atoms with E-state index < -0.39 is 0 Å². The van der Waals surface area contributed by atoms with E-state index in [1.165, 1.54) is 12.0 Å². The van der Waals surface area contributed by atoms with Gasteiger partial charge in [-0.25, -0.2) is 9.97 Å². The molecule has 5 heteroatoms. The van der Waals surface area contributed by atoms with Crippen LogP contribution in [0.1, 0.15) is 41.4 Å². The standard InChI is InChI=1S/C23H26N4O/c1-15-6-9-18(10-7-15)26-21-19-11-8-17(3)25-22(19)24-13-20(21)23(28)27-12-4-5-16(2)14-27/h6-11,13,16H,4-5,12,14H2,1-3H3,(H,24,25,26)/t16-/m0/s1. The predicted octanol–water partition coefficient (Wildman–Crippen LogP) is 4.86. The van der Waals surface area contributed by atoms with Gasteiger partial charge in [-0.05, 0) is 56.9 Å². The number of fused-ring (bicyclic) bond motifs is 1. The Hall–Kier alpha value is -2.95. The van der Waals surface area contributed by atoms with E-state index in [9.17, 15) is 4.79 Å². The second-order valence-electron chi connectivity index (χ2n) is 7.86. The Balaban J connectivity index is 1.79. The highest BCUT2D eigenvalue weighted by molar-refractivity contribution is 6.07. The molecule has 144 valence electrons. The van der Waals surface area contributed by atoms with Gasteiger partial charge < -0.3 is 10.2 Å². The summed E-state index contributed by atoms with van der Waals surface area (Å²) in [6.07, 6.45) is 3.90. The van der Waals surface area contributed by atoms with Crippen molar-refractivity contribution in [3.05, 3.63) is 59.4 Å². The Bertz CT molecular complexity index is 1010. The summed E-state index contributed by atoms with van der Waals surface area (Å²) in [5.74, 6) is 0.570. The van der Waals surface area contributed by atoms with Crippen LogP contribution in [0.25, 0.3) is 11.0 Å². The summed E-state index contributed by atoms with van der Waals surface area (Å²) < 4.78 is 0. The van der Waals surface area contributed by atoms with Crippen LogP contribution in [-0.4, -0.2) is 33.9 Å². The molecule has 3 aromatic rings. The minimum Gasteiger partial charge on any atom is -0.354 e. The Morgan fingerprint density at radius 3 is 2.68 bits per heavy atom. The molecule has 1 aliphatic rings. The zero-order chi connectivity index (χ0) is 19.7. The summed E-state index contributed by atoms with van der Waals surface area (Å²) in [4.78, 5) is 24.3. The van der Waals surface area contributed by atoms with Gasteiger partial charge in [-0.2, -0.15) is 0 Å². The molecule has 1 fully saturated rings. The summed E-state index contributed by atoms with van der Waals surface area (Å²) >= 11 is 0. The number of likely N-dealkylation sites (tertiary alicyclic amines) is 1. The average Bonchev–Trinajstić information content (AvgIpc) is 2.69. The fourth-order valence-electron chi connectivity index (χ4n) is 3.79. The number of nitrogens with one attached hydrogen (secondary N) is 1. The maximum Gasteiger partial charge on any atom is 0.257 e. The van der Waals surface area contributed by atoms with Gasteiger partial charge in [0.1, 0.15) is 0 Å². The first kappa shape index (κ1) is 18.4. The van der Waals surface area contributed by atoms with Crippen molar-refractivity contribution in [1.82, 2.24) is 14.9 Å². The van der Waals surface area contributed by atoms with Gasteiger partial charge in [0, 0.05) is 36.1 Å². The van der Waals surface area contributed by atoms with Gasteiger partial charge in [-0.15, -0.1) is 0 Å². The van der Waals surface area contributed by atoms with Crippen molar-refractivity contribution >= 4 is 28.3 Å². The van der Waals surface area contributed by atoms with Gasteiger partial charge in [-0.1, -0.05) is 24.6 Å². The minimum absolute atomic E-state index is 0.0381. The van der Waals surface area contributed by atoms with E-state index in [-0.39, 0.29) is 5.91 Å². The maximum absolute atomic E-state index is 13.3. The highest BCUT2D eigenvalue weighted by Gasteiger charge is 2.25. The van der Waals surface area contributed by atoms with Gasteiger partial charge in [0.15, 0.2) is 5.65 Å². The lowest BCUT2D eigenvalue weighted by Gasteiger charge is -2.31. The first-order valence-corrected chi connectivity index (χ1v) is 9.90. The van der Waals surface area contributed by atoms with Gasteiger partial charge in [0.2, 0.25) is 0 Å². The van der Waals surface area contributed by atoms with Crippen LogP contribution in [0.2, 0.25) is 0 Å². The zero-order valence-electron chi connectivity index (χ0n) is 16.7. The number of rotatable bonds is 3. The smallest absolute Gasteiger partial charge is 0.257 e. The van der Waals surface area contributed by atoms with Crippen molar-refractivity contribution in [2.45, 2.75) is 33.6 Å². The molecule has 1 saturated heterocycles. The Morgan fingerprint density at radius 2 is 1.93 bits per heavy atom. The van der Waals surface area contributed by atoms with Crippen LogP contribution in [-0.2, 0) is 0 Å². The molecule has 5 nitrogen and oxygen atoms in total. The van der Waals surface area contributed by atoms with Crippen LogP contribution in [0.5, 0.6) is 0 Å². The SMILES string of the molecule is Cc1ccc(Nc2c(C(=O)N3CCC[C@H](C)C3)cnc3nc(C)ccc23)cc1. The van der Waals surface area contributed by atoms with Crippen molar-refractivity contribution in [2.75, 3.05) is 18.4 Å². The number of piperidine rings is 1. The molecule has 0 radical (unpaired) electrons. The van der Waals surface area contributed by atoms with Crippen molar-refractivity contribution in [2.24, 2.45) is 5.92 Å². The molecule has 0 unspecified atom stereocenters. The molecule has 1 aromatic carbocycles. The molecule has 1 atom stereocenters. The van der Waals surface area contributed by atoms with Gasteiger partial charge in [-0.3, -0.25) is 4.79 Å². The molecule has 0 aliphatic carbocycles. The Morgan fingerprint density at radius 1 is 1.14 bits per heavy atom. The third-order valence-corrected chi connectivity index (χ3v) is 5.36. The van der Waals surface area contributed by atoms with Crippen molar-refractivity contribution < 1.29 is 4.79 Å². The van der Waals surface area contributed by atoms with E-state index in [1.54, 1.807) is 6.20 Å². The van der Waals surface area contributed by atoms with E-state index >= 15 is 0 Å². The normalized spacial score (nSPS) is 17.0. The first-order chi connectivity index (χ1) is 13.5. The number of amides is 1. The fraction of sp³-hybridized carbons (Fsp3) is 0.348. The van der Waals surface area contributed by atoms with E-state index in [0.29, 0.717) is 17.1 Å². The summed E-state index contributed by atoms with van der Waals surface area (Å²) in [6, 6.07) is 12.1. The lowest BCUT2D eigenvalue weighted by Crippen LogP contribution is -2.39. The van der Waals surface area contributed by atoms with Crippen LogP contribution >= 0.6 is 0 Å². The number of nitrogens with zero attached hydrogens (tertiary/aromatic N) is 3. The number of carbonyl (C=O) groups excluding carboxylic acids is 1. The Kier molecular flexibility index (Phi) is 4.99. The lowest BCUT2D eigenvalue weighted by molar-refractivity contribution is 0.0684. The molecule has 1 aliphatic heterocycles. The van der Waals surface area contributed by atoms with E-state index in [1.807, 2.05) is 36.1 Å². The molecule has 3 heterocycles. The Labute approximate surface area is 165 Å². The molecule has 28 heavy (non-hydrogen) atoms. The molecule has 1 N–H and O–H groups in total. The molecular formula is C23H26N4O. The highest BCUT2D eigenvalue weighted by Crippen LogP contribution is 2.30. The third kappa shape index (κ3) is 3.70. The predicted molar refractivity (Wildman–Crippen MR) is 113 cm³/mol. The zero-order valence-corrected chi connectivity index (χ0v) is 16.7. The number of aromatic nitrogens is 2. The summed E-state index contributed by atoms with van der Waals surface area (Å²) in [5, 5.41) is 4.33. The van der Waals surface area contributed by atoms with Gasteiger partial charge >= 0.3 is 0 Å². The highest BCUT2D eigenvalue weighted by atomic mass is 16.2. The number of carbonyl (C=O) groups is 1. The number of benzene rings is 1. The quantitative estimate of drug-likeness (QED) is 0.711. The van der Waals surface area contributed by atoms with Crippen molar-refractivity contribution in [3.63, 3.8) is 0 Å². The number of aryl methyl sites for hydroxylation is 2. The van der Waals surface area contributed by atoms with Crippen LogP contribution in [0.4, 0.5) is 11.4 Å². The molecule has 4 rings (SSSR count). The minimum atomic E-state index is 0.0381. The van der Waals surface area contributed by atoms with Gasteiger partial charge in [0.05, 0.1) is 11.3 Å². The van der Waals surface area contributed by atoms with E-state index in [2.05, 4.69) is 41.3 Å². The molecule has 2 aromatic heterocycles. The second-order valence-corrected chi connectivity index (χ2v) is 7.86. The molecular weight excluding hydrogens is 348 g/mol. The van der Waals surface area contributed by atoms with Crippen molar-refractivity contribution in [3.8, 4) is 0 Å². The first-order valence-electron chi connectivity index (χ1n) is 9.90. The van der Waals surface area contributed by atoms with Crippen LogP contribution < -0.4 is 5.32 Å². The molecule has 1 amide bonds. The summed E-state index contributed by atoms with van der Waals surface area (Å²) in [7, 11) is 0. The third-order valence-electron chi connectivity index (χ3n) is 5.36. The van der Waals surface area contributed by atoms with E-state index in [0.717, 1.165) is 42.0 Å². The number of pyridine rings is 2. The van der Waals surface area contributed by atoms with Crippen LogP contribution in [0.15, 0.2) is 42.6 Å². The lowest BCUT2D eigenvalue weighted by atomic mass is 9.99. The summed E-state index contributed by atoms with van der Waals surface area (Å²) in [5.41, 5.74) is 5.08. The molecule has 0 saturated carbocycles. The largest absolute Gasteiger partial charge is 0.354 e. The fourth-order valence-corrected chi connectivity index (χ4v) is 3.79. The molecule has 0 spiro atoms. The summed E-state index contributed by atoms with van der Waals surface area (Å²) in [6.45, 7) is 7.81. The topological polar surface area (TPSA) is 58.1 Å². The van der Waals surface area contributed by atoms with Crippen LogP contribution in [0, 0.1) is 19.8 Å². The number of hydrogen-bond acceptors (Lipinski definition) is 4. The second kappa shape index (κ2) is 7.58. The number of hydrogen-bond donors (Lipinski definition) is 1.